The van der Waals surface area contributed by atoms with Gasteiger partial charge in [0.25, 0.3) is 5.56 Å². The van der Waals surface area contributed by atoms with Crippen LogP contribution in [0.5, 0.6) is 0 Å². The van der Waals surface area contributed by atoms with Gasteiger partial charge in [-0.05, 0) is 48.7 Å². The fraction of sp³-hybridized carbons (Fsp3) is 0.533. The van der Waals surface area contributed by atoms with E-state index in [1.807, 2.05) is 24.5 Å². The predicted molar refractivity (Wildman–Crippen MR) is 87.9 cm³/mol. The van der Waals surface area contributed by atoms with Crippen molar-refractivity contribution in [3.63, 3.8) is 0 Å². The molecule has 0 unspecified atom stereocenters. The predicted octanol–water partition coefficient (Wildman–Crippen LogP) is 3.41. The van der Waals surface area contributed by atoms with Crippen LogP contribution in [0, 0.1) is 6.92 Å². The molecule has 5 nitrogen and oxygen atoms in total. The van der Waals surface area contributed by atoms with E-state index >= 15 is 0 Å². The Morgan fingerprint density at radius 3 is 2.76 bits per heavy atom. The molecule has 2 aromatic rings. The minimum Gasteiger partial charge on any atom is -0.354 e. The van der Waals surface area contributed by atoms with Crippen molar-refractivity contribution in [3.05, 3.63) is 26.6 Å². The van der Waals surface area contributed by atoms with Gasteiger partial charge < -0.3 is 5.32 Å². The molecule has 1 saturated carbocycles. The number of anilines is 1. The van der Waals surface area contributed by atoms with Crippen molar-refractivity contribution < 1.29 is 0 Å². The van der Waals surface area contributed by atoms with E-state index < -0.39 is 0 Å². The summed E-state index contributed by atoms with van der Waals surface area (Å²) in [5.41, 5.74) is 1.65. The number of hydrogen-bond donors (Lipinski definition) is 1. The van der Waals surface area contributed by atoms with Gasteiger partial charge in [-0.15, -0.1) is 0 Å². The first-order valence-corrected chi connectivity index (χ1v) is 8.24. The first kappa shape index (κ1) is 14.5. The summed E-state index contributed by atoms with van der Waals surface area (Å²) < 4.78 is 2.45. The zero-order chi connectivity index (χ0) is 15.0. The van der Waals surface area contributed by atoms with E-state index in [0.29, 0.717) is 10.4 Å². The van der Waals surface area contributed by atoms with E-state index in [9.17, 15) is 4.79 Å². The van der Waals surface area contributed by atoms with E-state index in [1.165, 1.54) is 12.8 Å². The van der Waals surface area contributed by atoms with Gasteiger partial charge in [-0.3, -0.25) is 9.36 Å². The Bertz CT molecular complexity index is 735. The first-order chi connectivity index (χ1) is 10.1. The summed E-state index contributed by atoms with van der Waals surface area (Å²) in [7, 11) is 0. The average Bonchev–Trinajstić information content (AvgIpc) is 2.95. The highest BCUT2D eigenvalue weighted by Gasteiger charge is 2.22. The Kier molecular flexibility index (Phi) is 3.97. The fourth-order valence-electron chi connectivity index (χ4n) is 3.06. The summed E-state index contributed by atoms with van der Waals surface area (Å²) in [6.07, 6.45) is 4.45. The molecule has 1 aliphatic rings. The number of aromatic nitrogens is 3. The Balaban J connectivity index is 2.31. The second-order valence-electron chi connectivity index (χ2n) is 5.51. The van der Waals surface area contributed by atoms with Gasteiger partial charge in [0.05, 0.1) is 10.2 Å². The topological polar surface area (TPSA) is 59.8 Å². The second kappa shape index (κ2) is 5.75. The SMILES string of the molecule is CCNc1nc(C)c2cc(Br)c(=O)n(C3CCCC3)c2n1. The highest BCUT2D eigenvalue weighted by Crippen LogP contribution is 2.31. The molecule has 0 aromatic carbocycles. The van der Waals surface area contributed by atoms with Crippen LogP contribution in [0.25, 0.3) is 11.0 Å². The van der Waals surface area contributed by atoms with Gasteiger partial charge in [0, 0.05) is 18.0 Å². The quantitative estimate of drug-likeness (QED) is 0.921. The lowest BCUT2D eigenvalue weighted by atomic mass is 10.2. The summed E-state index contributed by atoms with van der Waals surface area (Å²) in [5.74, 6) is 0.593. The van der Waals surface area contributed by atoms with Gasteiger partial charge >= 0.3 is 0 Å². The van der Waals surface area contributed by atoms with E-state index in [4.69, 9.17) is 0 Å². The highest BCUT2D eigenvalue weighted by molar-refractivity contribution is 9.10. The van der Waals surface area contributed by atoms with Crippen LogP contribution in [-0.2, 0) is 0 Å². The molecule has 2 aromatic heterocycles. The molecular formula is C15H19BrN4O. The van der Waals surface area contributed by atoms with Gasteiger partial charge in [-0.2, -0.15) is 4.98 Å². The van der Waals surface area contributed by atoms with Gasteiger partial charge in [0.15, 0.2) is 0 Å². The van der Waals surface area contributed by atoms with E-state index in [1.54, 1.807) is 0 Å². The number of fused-ring (bicyclic) bond motifs is 1. The minimum absolute atomic E-state index is 0.00921. The molecule has 6 heteroatoms. The summed E-state index contributed by atoms with van der Waals surface area (Å²) in [5, 5.41) is 4.08. The molecule has 1 fully saturated rings. The molecule has 0 amide bonds. The minimum atomic E-state index is 0.00921. The average molecular weight is 351 g/mol. The molecule has 0 radical (unpaired) electrons. The van der Waals surface area contributed by atoms with Gasteiger partial charge in [0.1, 0.15) is 5.65 Å². The van der Waals surface area contributed by atoms with Crippen molar-refractivity contribution in [2.75, 3.05) is 11.9 Å². The molecule has 0 atom stereocenters. The Hall–Kier alpha value is -1.43. The summed E-state index contributed by atoms with van der Waals surface area (Å²) in [6.45, 7) is 4.73. The fourth-order valence-corrected chi connectivity index (χ4v) is 3.48. The second-order valence-corrected chi connectivity index (χ2v) is 6.36. The van der Waals surface area contributed by atoms with Crippen LogP contribution in [0.3, 0.4) is 0 Å². The zero-order valence-corrected chi connectivity index (χ0v) is 13.9. The van der Waals surface area contributed by atoms with Crippen molar-refractivity contribution >= 4 is 32.9 Å². The van der Waals surface area contributed by atoms with E-state index in [2.05, 4.69) is 31.2 Å². The third kappa shape index (κ3) is 2.57. The van der Waals surface area contributed by atoms with Crippen molar-refractivity contribution in [1.82, 2.24) is 14.5 Å². The lowest BCUT2D eigenvalue weighted by molar-refractivity contribution is 0.514. The lowest BCUT2D eigenvalue weighted by Gasteiger charge is -2.18. The molecule has 3 rings (SSSR count). The number of hydrogen-bond acceptors (Lipinski definition) is 4. The number of pyridine rings is 1. The summed E-state index contributed by atoms with van der Waals surface area (Å²) in [4.78, 5) is 21.6. The first-order valence-electron chi connectivity index (χ1n) is 7.45. The third-order valence-corrected chi connectivity index (χ3v) is 4.63. The standard InChI is InChI=1S/C15H19BrN4O/c1-3-17-15-18-9(2)11-8-12(16)14(21)20(13(11)19-15)10-6-4-5-7-10/h8,10H,3-7H2,1-2H3,(H,17,18,19). The third-order valence-electron chi connectivity index (χ3n) is 4.06. The van der Waals surface area contributed by atoms with Crippen LogP contribution < -0.4 is 10.9 Å². The Morgan fingerprint density at radius 1 is 1.38 bits per heavy atom. The molecule has 0 bridgehead atoms. The zero-order valence-electron chi connectivity index (χ0n) is 12.3. The van der Waals surface area contributed by atoms with E-state index in [-0.39, 0.29) is 11.6 Å². The number of aryl methyl sites for hydroxylation is 1. The van der Waals surface area contributed by atoms with Gasteiger partial charge in [0.2, 0.25) is 5.95 Å². The van der Waals surface area contributed by atoms with Crippen LogP contribution in [0.1, 0.15) is 44.3 Å². The Labute approximate surface area is 131 Å². The molecule has 21 heavy (non-hydrogen) atoms. The summed E-state index contributed by atoms with van der Waals surface area (Å²) >= 11 is 3.39. The van der Waals surface area contributed by atoms with Crippen molar-refractivity contribution in [2.24, 2.45) is 0 Å². The van der Waals surface area contributed by atoms with Crippen molar-refractivity contribution in [3.8, 4) is 0 Å². The molecule has 2 heterocycles. The smallest absolute Gasteiger partial charge is 0.266 e. The van der Waals surface area contributed by atoms with Gasteiger partial charge in [-0.25, -0.2) is 4.98 Å². The maximum atomic E-state index is 12.6. The molecule has 112 valence electrons. The van der Waals surface area contributed by atoms with Gasteiger partial charge in [-0.1, -0.05) is 12.8 Å². The molecule has 0 saturated heterocycles. The number of halogens is 1. The number of nitrogens with one attached hydrogen (secondary N) is 1. The van der Waals surface area contributed by atoms with Crippen LogP contribution in [0.15, 0.2) is 15.3 Å². The van der Waals surface area contributed by atoms with E-state index in [0.717, 1.165) is 36.1 Å². The Morgan fingerprint density at radius 2 is 2.10 bits per heavy atom. The molecule has 0 aliphatic heterocycles. The van der Waals surface area contributed by atoms with Crippen LogP contribution in [0.4, 0.5) is 5.95 Å². The molecular weight excluding hydrogens is 332 g/mol. The van der Waals surface area contributed by atoms with Crippen molar-refractivity contribution in [1.29, 1.82) is 0 Å². The molecule has 0 spiro atoms. The van der Waals surface area contributed by atoms with Crippen LogP contribution in [0.2, 0.25) is 0 Å². The lowest BCUT2D eigenvalue weighted by Crippen LogP contribution is -2.25. The van der Waals surface area contributed by atoms with Crippen LogP contribution >= 0.6 is 15.9 Å². The van der Waals surface area contributed by atoms with Crippen LogP contribution in [-0.4, -0.2) is 21.1 Å². The number of nitrogens with zero attached hydrogens (tertiary/aromatic N) is 3. The molecule has 1 N–H and O–H groups in total. The largest absolute Gasteiger partial charge is 0.354 e. The maximum Gasteiger partial charge on any atom is 0.266 e. The van der Waals surface area contributed by atoms with Crippen molar-refractivity contribution in [2.45, 2.75) is 45.6 Å². The number of rotatable bonds is 3. The maximum absolute atomic E-state index is 12.6. The monoisotopic (exact) mass is 350 g/mol. The molecule has 1 aliphatic carbocycles. The highest BCUT2D eigenvalue weighted by atomic mass is 79.9. The normalized spacial score (nSPS) is 15.8. The summed E-state index contributed by atoms with van der Waals surface area (Å²) in [6, 6.07) is 2.09.